The zero-order valence-corrected chi connectivity index (χ0v) is 16.1. The Labute approximate surface area is 158 Å². The average Bonchev–Trinajstić information content (AvgIpc) is 3.02. The average molecular weight is 390 g/mol. The van der Waals surface area contributed by atoms with Gasteiger partial charge in [0, 0.05) is 31.0 Å². The summed E-state index contributed by atoms with van der Waals surface area (Å²) in [4.78, 5) is 19.8. The first-order valence-electron chi connectivity index (χ1n) is 8.88. The molecule has 136 valence electrons. The lowest BCUT2D eigenvalue weighted by Gasteiger charge is -2.17. The molecular weight excluding hydrogens is 370 g/mol. The predicted octanol–water partition coefficient (Wildman–Crippen LogP) is 2.28. The molecule has 2 aliphatic rings. The van der Waals surface area contributed by atoms with Crippen LogP contribution >= 0.6 is 23.1 Å². The maximum absolute atomic E-state index is 12.2. The minimum absolute atomic E-state index is 0.128. The lowest BCUT2D eigenvalue weighted by atomic mass is 10.4. The van der Waals surface area contributed by atoms with Gasteiger partial charge in [0.25, 0.3) is 5.56 Å². The van der Waals surface area contributed by atoms with E-state index >= 15 is 0 Å². The van der Waals surface area contributed by atoms with Crippen LogP contribution in [0.4, 0.5) is 5.95 Å². The fourth-order valence-electron chi connectivity index (χ4n) is 3.32. The first-order valence-corrected chi connectivity index (χ1v) is 10.7. The van der Waals surface area contributed by atoms with Crippen LogP contribution in [0.3, 0.4) is 0 Å². The lowest BCUT2D eigenvalue weighted by molar-refractivity contribution is 0.651. The van der Waals surface area contributed by atoms with Crippen molar-refractivity contribution in [3.63, 3.8) is 0 Å². The van der Waals surface area contributed by atoms with E-state index in [9.17, 15) is 4.79 Å². The highest BCUT2D eigenvalue weighted by Gasteiger charge is 2.32. The van der Waals surface area contributed by atoms with Crippen LogP contribution in [-0.4, -0.2) is 42.5 Å². The van der Waals surface area contributed by atoms with Crippen molar-refractivity contribution in [1.29, 1.82) is 0 Å². The molecule has 0 atom stereocenters. The van der Waals surface area contributed by atoms with Gasteiger partial charge in [-0.15, -0.1) is 10.2 Å². The van der Waals surface area contributed by atoms with Gasteiger partial charge in [-0.1, -0.05) is 23.1 Å². The second-order valence-corrected chi connectivity index (χ2v) is 8.87. The quantitative estimate of drug-likeness (QED) is 0.619. The first kappa shape index (κ1) is 16.2. The number of fused-ring (bicyclic) bond motifs is 1. The summed E-state index contributed by atoms with van der Waals surface area (Å²) in [6.45, 7) is 4.01. The molecule has 5 rings (SSSR count). The monoisotopic (exact) mass is 389 g/mol. The molecule has 3 aromatic heterocycles. The second kappa shape index (κ2) is 6.34. The SMILES string of the molecule is Cc1nn2c(=O)cc(CSc3nnc(N4CCCC4)n3C3CC3)nc2s1. The third-order valence-corrected chi connectivity index (χ3v) is 6.50. The summed E-state index contributed by atoms with van der Waals surface area (Å²) in [5.41, 5.74) is 0.632. The van der Waals surface area contributed by atoms with Gasteiger partial charge in [0.1, 0.15) is 5.01 Å². The summed E-state index contributed by atoms with van der Waals surface area (Å²) in [5, 5.41) is 14.9. The molecule has 1 aliphatic heterocycles. The molecule has 0 bridgehead atoms. The van der Waals surface area contributed by atoms with Crippen molar-refractivity contribution < 1.29 is 0 Å². The molecule has 4 heterocycles. The minimum Gasteiger partial charge on any atom is -0.341 e. The van der Waals surface area contributed by atoms with Crippen LogP contribution in [0, 0.1) is 6.92 Å². The highest BCUT2D eigenvalue weighted by atomic mass is 32.2. The standard InChI is InChI=1S/C16H19N7OS2/c1-10-20-23-13(24)8-11(17-15(23)26-10)9-25-16-19-18-14(21-6-2-3-7-21)22(16)12-4-5-12/h8,12H,2-7,9H2,1H3. The molecule has 2 fully saturated rings. The van der Waals surface area contributed by atoms with Crippen LogP contribution in [-0.2, 0) is 5.75 Å². The Hall–Kier alpha value is -1.94. The van der Waals surface area contributed by atoms with E-state index < -0.39 is 0 Å². The molecule has 0 radical (unpaired) electrons. The van der Waals surface area contributed by atoms with E-state index in [0.29, 0.717) is 16.8 Å². The number of hydrogen-bond donors (Lipinski definition) is 0. The number of nitrogens with zero attached hydrogens (tertiary/aromatic N) is 7. The molecule has 0 N–H and O–H groups in total. The van der Waals surface area contributed by atoms with Crippen molar-refractivity contribution in [3.8, 4) is 0 Å². The lowest BCUT2D eigenvalue weighted by Crippen LogP contribution is -2.22. The summed E-state index contributed by atoms with van der Waals surface area (Å²) < 4.78 is 3.66. The molecule has 8 nitrogen and oxygen atoms in total. The molecule has 1 saturated heterocycles. The predicted molar refractivity (Wildman–Crippen MR) is 101 cm³/mol. The topological polar surface area (TPSA) is 81.2 Å². The largest absolute Gasteiger partial charge is 0.341 e. The van der Waals surface area contributed by atoms with Crippen molar-refractivity contribution in [2.24, 2.45) is 0 Å². The molecule has 1 saturated carbocycles. The highest BCUT2D eigenvalue weighted by molar-refractivity contribution is 7.98. The second-order valence-electron chi connectivity index (χ2n) is 6.77. The third kappa shape index (κ3) is 2.90. The zero-order valence-electron chi connectivity index (χ0n) is 14.5. The Bertz CT molecular complexity index is 1010. The zero-order chi connectivity index (χ0) is 17.7. The summed E-state index contributed by atoms with van der Waals surface area (Å²) in [5.74, 6) is 1.61. The van der Waals surface area contributed by atoms with Crippen LogP contribution in [0.1, 0.15) is 42.4 Å². The van der Waals surface area contributed by atoms with Crippen LogP contribution in [0.5, 0.6) is 0 Å². The van der Waals surface area contributed by atoms with Crippen molar-refractivity contribution in [2.75, 3.05) is 18.0 Å². The van der Waals surface area contributed by atoms with E-state index in [1.807, 2.05) is 6.92 Å². The fraction of sp³-hybridized carbons (Fsp3) is 0.562. The van der Waals surface area contributed by atoms with E-state index in [4.69, 9.17) is 0 Å². The first-order chi connectivity index (χ1) is 12.7. The van der Waals surface area contributed by atoms with E-state index in [1.54, 1.807) is 17.8 Å². The number of aryl methyl sites for hydroxylation is 1. The van der Waals surface area contributed by atoms with E-state index in [2.05, 4.69) is 29.7 Å². The van der Waals surface area contributed by atoms with Gasteiger partial charge in [-0.05, 0) is 32.6 Å². The van der Waals surface area contributed by atoms with Crippen LogP contribution in [0.25, 0.3) is 4.96 Å². The maximum Gasteiger partial charge on any atom is 0.275 e. The Morgan fingerprint density at radius 2 is 2.08 bits per heavy atom. The normalized spacial score (nSPS) is 17.5. The highest BCUT2D eigenvalue weighted by Crippen LogP contribution is 2.41. The van der Waals surface area contributed by atoms with Gasteiger partial charge in [0.05, 0.1) is 5.69 Å². The molecule has 0 spiro atoms. The van der Waals surface area contributed by atoms with Gasteiger partial charge < -0.3 is 4.90 Å². The van der Waals surface area contributed by atoms with Gasteiger partial charge in [0.2, 0.25) is 10.9 Å². The van der Waals surface area contributed by atoms with Crippen molar-refractivity contribution in [2.45, 2.75) is 49.6 Å². The van der Waals surface area contributed by atoms with Gasteiger partial charge in [-0.2, -0.15) is 9.61 Å². The Morgan fingerprint density at radius 3 is 2.85 bits per heavy atom. The van der Waals surface area contributed by atoms with Crippen molar-refractivity contribution in [1.82, 2.24) is 29.4 Å². The smallest absolute Gasteiger partial charge is 0.275 e. The summed E-state index contributed by atoms with van der Waals surface area (Å²) in [7, 11) is 0. The summed E-state index contributed by atoms with van der Waals surface area (Å²) in [6, 6.07) is 2.09. The number of aromatic nitrogens is 6. The molecule has 10 heteroatoms. The number of hydrogen-bond acceptors (Lipinski definition) is 8. The van der Waals surface area contributed by atoms with E-state index in [0.717, 1.165) is 34.9 Å². The van der Waals surface area contributed by atoms with Crippen LogP contribution in [0.15, 0.2) is 16.0 Å². The Kier molecular flexibility index (Phi) is 3.96. The minimum atomic E-state index is -0.128. The van der Waals surface area contributed by atoms with Gasteiger partial charge in [0.15, 0.2) is 5.16 Å². The molecule has 0 aromatic carbocycles. The molecule has 0 unspecified atom stereocenters. The Balaban J connectivity index is 1.41. The van der Waals surface area contributed by atoms with Crippen LogP contribution in [0.2, 0.25) is 0 Å². The van der Waals surface area contributed by atoms with E-state index in [1.165, 1.54) is 41.5 Å². The molecule has 26 heavy (non-hydrogen) atoms. The Morgan fingerprint density at radius 1 is 1.27 bits per heavy atom. The maximum atomic E-state index is 12.2. The summed E-state index contributed by atoms with van der Waals surface area (Å²) >= 11 is 3.04. The van der Waals surface area contributed by atoms with E-state index in [-0.39, 0.29) is 5.56 Å². The summed E-state index contributed by atoms with van der Waals surface area (Å²) in [6.07, 6.45) is 4.83. The van der Waals surface area contributed by atoms with Crippen molar-refractivity contribution >= 4 is 34.0 Å². The van der Waals surface area contributed by atoms with Gasteiger partial charge in [-0.25, -0.2) is 4.98 Å². The van der Waals surface area contributed by atoms with Gasteiger partial charge in [-0.3, -0.25) is 9.36 Å². The number of anilines is 1. The number of thioether (sulfide) groups is 1. The molecule has 1 aliphatic carbocycles. The third-order valence-electron chi connectivity index (χ3n) is 4.70. The molecular formula is C16H19N7OS2. The molecule has 0 amide bonds. The van der Waals surface area contributed by atoms with Crippen molar-refractivity contribution in [3.05, 3.63) is 27.1 Å². The fourth-order valence-corrected chi connectivity index (χ4v) is 4.98. The van der Waals surface area contributed by atoms with Gasteiger partial charge >= 0.3 is 0 Å². The number of rotatable bonds is 5. The molecule has 3 aromatic rings. The van der Waals surface area contributed by atoms with Crippen LogP contribution < -0.4 is 10.5 Å².